The summed E-state index contributed by atoms with van der Waals surface area (Å²) in [5, 5.41) is 0. The van der Waals surface area contributed by atoms with Gasteiger partial charge in [0.05, 0.1) is 5.75 Å². The molecule has 0 bridgehead atoms. The fraction of sp³-hybridized carbons (Fsp3) is 1.00. The molecule has 0 spiro atoms. The maximum absolute atomic E-state index is 10.7. The molecule has 0 aromatic rings. The van der Waals surface area contributed by atoms with Gasteiger partial charge in [-0.25, -0.2) is 8.42 Å². The van der Waals surface area contributed by atoms with E-state index in [0.717, 1.165) is 0 Å². The molecule has 4 heteroatoms. The zero-order valence-corrected chi connectivity index (χ0v) is 7.74. The smallest absolute Gasteiger partial charge is 0.212 e. The van der Waals surface area contributed by atoms with E-state index < -0.39 is 9.05 Å². The van der Waals surface area contributed by atoms with Crippen molar-refractivity contribution < 1.29 is 8.42 Å². The normalized spacial score (nSPS) is 42.1. The molecule has 2 rings (SSSR count). The van der Waals surface area contributed by atoms with Gasteiger partial charge in [-0.1, -0.05) is 6.42 Å². The van der Waals surface area contributed by atoms with Gasteiger partial charge in [0.15, 0.2) is 0 Å². The van der Waals surface area contributed by atoms with Gasteiger partial charge in [-0.3, -0.25) is 0 Å². The minimum absolute atomic E-state index is 0.212. The third-order valence-electron chi connectivity index (χ3n) is 2.98. The van der Waals surface area contributed by atoms with E-state index in [9.17, 15) is 8.42 Å². The number of rotatable bonds is 2. The lowest BCUT2D eigenvalue weighted by Crippen LogP contribution is -2.03. The molecule has 64 valence electrons. The Bertz CT molecular complexity index is 250. The molecule has 2 fully saturated rings. The zero-order chi connectivity index (χ0) is 8.06. The summed E-state index contributed by atoms with van der Waals surface area (Å²) in [7, 11) is 1.92. The number of halogens is 1. The summed E-state index contributed by atoms with van der Waals surface area (Å²) in [4.78, 5) is 0. The van der Waals surface area contributed by atoms with Crippen LogP contribution in [0.25, 0.3) is 0 Å². The largest absolute Gasteiger partial charge is 0.232 e. The highest BCUT2D eigenvalue weighted by atomic mass is 35.7. The van der Waals surface area contributed by atoms with Crippen LogP contribution in [-0.2, 0) is 9.05 Å². The van der Waals surface area contributed by atoms with E-state index in [2.05, 4.69) is 0 Å². The molecule has 2 saturated carbocycles. The second kappa shape index (κ2) is 2.36. The predicted molar refractivity (Wildman–Crippen MR) is 44.0 cm³/mol. The van der Waals surface area contributed by atoms with Crippen LogP contribution < -0.4 is 0 Å². The van der Waals surface area contributed by atoms with Crippen LogP contribution in [0, 0.1) is 17.8 Å². The lowest BCUT2D eigenvalue weighted by Gasteiger charge is -1.98. The molecule has 0 saturated heterocycles. The van der Waals surface area contributed by atoms with Gasteiger partial charge >= 0.3 is 0 Å². The third-order valence-corrected chi connectivity index (χ3v) is 4.14. The van der Waals surface area contributed by atoms with Crippen molar-refractivity contribution in [3.8, 4) is 0 Å². The van der Waals surface area contributed by atoms with Crippen LogP contribution >= 0.6 is 10.7 Å². The second-order valence-corrected chi connectivity index (χ2v) is 6.45. The van der Waals surface area contributed by atoms with E-state index in [4.69, 9.17) is 10.7 Å². The fourth-order valence-electron chi connectivity index (χ4n) is 2.45. The first-order valence-electron chi connectivity index (χ1n) is 4.00. The van der Waals surface area contributed by atoms with E-state index in [1.54, 1.807) is 0 Å². The molecule has 2 nitrogen and oxygen atoms in total. The molecule has 2 atom stereocenters. The van der Waals surface area contributed by atoms with Crippen LogP contribution in [0.5, 0.6) is 0 Å². The molecular formula is C7H11ClO2S. The van der Waals surface area contributed by atoms with Gasteiger partial charge in [-0.2, -0.15) is 0 Å². The monoisotopic (exact) mass is 194 g/mol. The van der Waals surface area contributed by atoms with E-state index in [1.165, 1.54) is 19.3 Å². The Labute approximate surface area is 71.3 Å². The van der Waals surface area contributed by atoms with Crippen molar-refractivity contribution in [1.82, 2.24) is 0 Å². The van der Waals surface area contributed by atoms with E-state index in [-0.39, 0.29) is 5.75 Å². The fourth-order valence-corrected chi connectivity index (χ4v) is 3.84. The lowest BCUT2D eigenvalue weighted by molar-refractivity contribution is 0.585. The van der Waals surface area contributed by atoms with Crippen molar-refractivity contribution in [2.45, 2.75) is 19.3 Å². The standard InChI is InChI=1S/C7H11ClO2S/c8-11(9,10)4-7-5-2-1-3-6(5)7/h5-7H,1-4H2. The van der Waals surface area contributed by atoms with Crippen molar-refractivity contribution in [2.24, 2.45) is 17.8 Å². The highest BCUT2D eigenvalue weighted by Gasteiger charge is 2.53. The molecule has 0 amide bonds. The molecule has 0 aromatic heterocycles. The summed E-state index contributed by atoms with van der Waals surface area (Å²) in [6.07, 6.45) is 3.73. The summed E-state index contributed by atoms with van der Waals surface area (Å²) in [6, 6.07) is 0. The Morgan fingerprint density at radius 2 is 1.82 bits per heavy atom. The average Bonchev–Trinajstić information content (AvgIpc) is 2.39. The van der Waals surface area contributed by atoms with Gasteiger partial charge in [-0.05, 0) is 30.6 Å². The quantitative estimate of drug-likeness (QED) is 0.626. The van der Waals surface area contributed by atoms with Crippen LogP contribution in [-0.4, -0.2) is 14.2 Å². The molecule has 2 aliphatic carbocycles. The minimum Gasteiger partial charge on any atom is -0.212 e. The molecule has 0 N–H and O–H groups in total. The van der Waals surface area contributed by atoms with Crippen molar-refractivity contribution in [2.75, 3.05) is 5.75 Å². The number of fused-ring (bicyclic) bond motifs is 1. The first kappa shape index (κ1) is 7.87. The Balaban J connectivity index is 1.93. The molecule has 0 heterocycles. The Morgan fingerprint density at radius 3 is 2.27 bits per heavy atom. The first-order valence-corrected chi connectivity index (χ1v) is 6.48. The second-order valence-electron chi connectivity index (χ2n) is 3.63. The van der Waals surface area contributed by atoms with Gasteiger partial charge in [0.1, 0.15) is 0 Å². The molecule has 2 unspecified atom stereocenters. The van der Waals surface area contributed by atoms with Gasteiger partial charge in [0.25, 0.3) is 0 Å². The maximum Gasteiger partial charge on any atom is 0.232 e. The van der Waals surface area contributed by atoms with Gasteiger partial charge in [0.2, 0.25) is 9.05 Å². The predicted octanol–water partition coefficient (Wildman–Crippen LogP) is 1.60. The van der Waals surface area contributed by atoms with Gasteiger partial charge in [0, 0.05) is 10.7 Å². The van der Waals surface area contributed by atoms with Crippen molar-refractivity contribution in [3.05, 3.63) is 0 Å². The zero-order valence-electron chi connectivity index (χ0n) is 6.16. The lowest BCUT2D eigenvalue weighted by atomic mass is 10.2. The molecule has 0 aliphatic heterocycles. The summed E-state index contributed by atoms with van der Waals surface area (Å²) >= 11 is 0. The van der Waals surface area contributed by atoms with Crippen molar-refractivity contribution >= 4 is 19.7 Å². The van der Waals surface area contributed by atoms with Crippen LogP contribution in [0.2, 0.25) is 0 Å². The van der Waals surface area contributed by atoms with E-state index in [0.29, 0.717) is 17.8 Å². The summed E-state index contributed by atoms with van der Waals surface area (Å²) in [6.45, 7) is 0. The maximum atomic E-state index is 10.7. The highest BCUT2D eigenvalue weighted by molar-refractivity contribution is 8.13. The molecular weight excluding hydrogens is 184 g/mol. The molecule has 0 aromatic carbocycles. The first-order chi connectivity index (χ1) is 5.08. The topological polar surface area (TPSA) is 34.1 Å². The molecule has 2 aliphatic rings. The van der Waals surface area contributed by atoms with Crippen LogP contribution in [0.4, 0.5) is 0 Å². The number of hydrogen-bond acceptors (Lipinski definition) is 2. The summed E-state index contributed by atoms with van der Waals surface area (Å²) < 4.78 is 21.4. The van der Waals surface area contributed by atoms with Crippen molar-refractivity contribution in [3.63, 3.8) is 0 Å². The molecule has 0 radical (unpaired) electrons. The number of hydrogen-bond donors (Lipinski definition) is 0. The minimum atomic E-state index is -3.23. The van der Waals surface area contributed by atoms with Crippen molar-refractivity contribution in [1.29, 1.82) is 0 Å². The van der Waals surface area contributed by atoms with Gasteiger partial charge < -0.3 is 0 Å². The summed E-state index contributed by atoms with van der Waals surface area (Å²) in [5.41, 5.74) is 0. The van der Waals surface area contributed by atoms with Crippen LogP contribution in [0.3, 0.4) is 0 Å². The Kier molecular flexibility index (Phi) is 1.69. The molecule has 11 heavy (non-hydrogen) atoms. The summed E-state index contributed by atoms with van der Waals surface area (Å²) in [5.74, 6) is 2.02. The van der Waals surface area contributed by atoms with Crippen LogP contribution in [0.1, 0.15) is 19.3 Å². The van der Waals surface area contributed by atoms with Gasteiger partial charge in [-0.15, -0.1) is 0 Å². The average molecular weight is 195 g/mol. The SMILES string of the molecule is O=S(=O)(Cl)CC1C2CCCC21. The Hall–Kier alpha value is 0.240. The van der Waals surface area contributed by atoms with Crippen LogP contribution in [0.15, 0.2) is 0 Å². The highest BCUT2D eigenvalue weighted by Crippen LogP contribution is 2.57. The van der Waals surface area contributed by atoms with E-state index >= 15 is 0 Å². The third kappa shape index (κ3) is 1.54. The van der Waals surface area contributed by atoms with E-state index in [1.807, 2.05) is 0 Å². The Morgan fingerprint density at radius 1 is 1.27 bits per heavy atom.